The maximum atomic E-state index is 13.5. The number of halogens is 2. The van der Waals surface area contributed by atoms with Crippen LogP contribution >= 0.6 is 15.9 Å². The summed E-state index contributed by atoms with van der Waals surface area (Å²) in [6, 6.07) is 22.3. The van der Waals surface area contributed by atoms with Crippen LogP contribution in [0.2, 0.25) is 0 Å². The zero-order chi connectivity index (χ0) is 20.9. The maximum Gasteiger partial charge on any atom is 0.255 e. The van der Waals surface area contributed by atoms with E-state index < -0.39 is 0 Å². The molecule has 0 radical (unpaired) electrons. The molecule has 0 aliphatic rings. The quantitative estimate of drug-likeness (QED) is 0.379. The number of hydrogen-bond acceptors (Lipinski definition) is 4. The molecule has 5 nitrogen and oxygen atoms in total. The van der Waals surface area contributed by atoms with Crippen LogP contribution in [0.3, 0.4) is 0 Å². The van der Waals surface area contributed by atoms with E-state index in [9.17, 15) is 9.18 Å². The van der Waals surface area contributed by atoms with Gasteiger partial charge in [-0.05, 0) is 60.7 Å². The minimum absolute atomic E-state index is 0.218. The second-order valence-corrected chi connectivity index (χ2v) is 7.36. The topological polar surface area (TPSA) is 66.9 Å². The summed E-state index contributed by atoms with van der Waals surface area (Å²) in [5, 5.41) is 6.03. The fraction of sp³-hybridized carbons (Fsp3) is 0. The van der Waals surface area contributed by atoms with Gasteiger partial charge in [0, 0.05) is 33.2 Å². The summed E-state index contributed by atoms with van der Waals surface area (Å²) in [4.78, 5) is 21.2. The molecule has 1 aromatic heterocycles. The minimum atomic E-state index is -0.348. The molecular formula is C23H16BrFN4O. The number of benzene rings is 3. The Morgan fingerprint density at radius 1 is 0.900 bits per heavy atom. The molecule has 4 aromatic rings. The van der Waals surface area contributed by atoms with Crippen molar-refractivity contribution in [1.29, 1.82) is 0 Å². The predicted octanol–water partition coefficient (Wildman–Crippen LogP) is 6.04. The number of carbonyl (C=O) groups excluding carboxylic acids is 1. The second-order valence-electron chi connectivity index (χ2n) is 6.44. The highest BCUT2D eigenvalue weighted by atomic mass is 79.9. The fourth-order valence-electron chi connectivity index (χ4n) is 2.82. The lowest BCUT2D eigenvalue weighted by Crippen LogP contribution is -2.12. The van der Waals surface area contributed by atoms with Crippen molar-refractivity contribution < 1.29 is 9.18 Å². The molecule has 0 aliphatic heterocycles. The van der Waals surface area contributed by atoms with Crippen LogP contribution in [0.5, 0.6) is 0 Å². The van der Waals surface area contributed by atoms with Gasteiger partial charge in [0.25, 0.3) is 5.91 Å². The summed E-state index contributed by atoms with van der Waals surface area (Å²) >= 11 is 3.37. The van der Waals surface area contributed by atoms with E-state index in [-0.39, 0.29) is 11.7 Å². The van der Waals surface area contributed by atoms with Gasteiger partial charge < -0.3 is 10.6 Å². The highest BCUT2D eigenvalue weighted by Gasteiger charge is 2.08. The van der Waals surface area contributed by atoms with Crippen LogP contribution in [0.15, 0.2) is 89.5 Å². The molecule has 0 unspecified atom stereocenters. The van der Waals surface area contributed by atoms with Gasteiger partial charge in [0.2, 0.25) is 0 Å². The monoisotopic (exact) mass is 462 g/mol. The van der Waals surface area contributed by atoms with Crippen LogP contribution in [-0.2, 0) is 0 Å². The molecule has 2 N–H and O–H groups in total. The van der Waals surface area contributed by atoms with Gasteiger partial charge in [-0.2, -0.15) is 0 Å². The van der Waals surface area contributed by atoms with Crippen LogP contribution in [0.25, 0.3) is 11.4 Å². The third-order valence-corrected chi connectivity index (χ3v) is 4.77. The molecule has 3 aromatic carbocycles. The van der Waals surface area contributed by atoms with Gasteiger partial charge in [-0.15, -0.1) is 0 Å². The smallest absolute Gasteiger partial charge is 0.255 e. The van der Waals surface area contributed by atoms with E-state index in [4.69, 9.17) is 0 Å². The van der Waals surface area contributed by atoms with E-state index in [1.54, 1.807) is 42.6 Å². The molecule has 30 heavy (non-hydrogen) atoms. The number of carbonyl (C=O) groups is 1. The number of hydrogen-bond donors (Lipinski definition) is 2. The summed E-state index contributed by atoms with van der Waals surface area (Å²) in [7, 11) is 0. The predicted molar refractivity (Wildman–Crippen MR) is 119 cm³/mol. The molecule has 7 heteroatoms. The summed E-state index contributed by atoms with van der Waals surface area (Å²) in [6.45, 7) is 0. The number of nitrogens with one attached hydrogen (secondary N) is 2. The highest BCUT2D eigenvalue weighted by Crippen LogP contribution is 2.21. The summed E-state index contributed by atoms with van der Waals surface area (Å²) < 4.78 is 14.4. The normalized spacial score (nSPS) is 10.5. The Balaban J connectivity index is 1.51. The summed E-state index contributed by atoms with van der Waals surface area (Å²) in [5.74, 6) is 0.376. The molecule has 1 heterocycles. The van der Waals surface area contributed by atoms with Crippen molar-refractivity contribution in [1.82, 2.24) is 9.97 Å². The SMILES string of the molecule is O=C(Nc1ccc(Br)cc1)c1cccc(Nc2ccnc(-c3cccc(F)c3)n2)c1. The molecule has 0 spiro atoms. The molecule has 0 fully saturated rings. The number of amides is 1. The van der Waals surface area contributed by atoms with E-state index in [1.165, 1.54) is 12.1 Å². The Morgan fingerprint density at radius 2 is 1.70 bits per heavy atom. The summed E-state index contributed by atoms with van der Waals surface area (Å²) in [6.07, 6.45) is 1.60. The van der Waals surface area contributed by atoms with Crippen molar-refractivity contribution in [2.24, 2.45) is 0 Å². The number of aromatic nitrogens is 2. The first kappa shape index (κ1) is 19.7. The van der Waals surface area contributed by atoms with Gasteiger partial charge in [-0.3, -0.25) is 4.79 Å². The molecule has 0 saturated carbocycles. The molecule has 0 atom stereocenters. The standard InChI is InChI=1S/C23H16BrFN4O/c24-17-7-9-19(10-8-17)28-23(30)16-4-2-6-20(14-16)27-21-11-12-26-22(29-21)15-3-1-5-18(25)13-15/h1-14H,(H,28,30)(H,26,27,29). The average molecular weight is 463 g/mol. The molecule has 0 saturated heterocycles. The Labute approximate surface area is 181 Å². The van der Waals surface area contributed by atoms with Crippen LogP contribution in [0, 0.1) is 5.82 Å². The first-order chi connectivity index (χ1) is 14.6. The van der Waals surface area contributed by atoms with Crippen LogP contribution < -0.4 is 10.6 Å². The van der Waals surface area contributed by atoms with E-state index in [0.29, 0.717) is 34.1 Å². The van der Waals surface area contributed by atoms with E-state index in [1.807, 2.05) is 30.3 Å². The van der Waals surface area contributed by atoms with E-state index in [2.05, 4.69) is 36.5 Å². The number of nitrogens with zero attached hydrogens (tertiary/aromatic N) is 2. The van der Waals surface area contributed by atoms with Gasteiger partial charge in [0.15, 0.2) is 5.82 Å². The van der Waals surface area contributed by atoms with Crippen molar-refractivity contribution in [2.75, 3.05) is 10.6 Å². The lowest BCUT2D eigenvalue weighted by molar-refractivity contribution is 0.102. The first-order valence-corrected chi connectivity index (χ1v) is 9.89. The largest absolute Gasteiger partial charge is 0.340 e. The van der Waals surface area contributed by atoms with Gasteiger partial charge in [0.05, 0.1) is 0 Å². The molecule has 1 amide bonds. The van der Waals surface area contributed by atoms with Gasteiger partial charge in [-0.1, -0.05) is 34.1 Å². The number of rotatable bonds is 5. The highest BCUT2D eigenvalue weighted by molar-refractivity contribution is 9.10. The first-order valence-electron chi connectivity index (χ1n) is 9.10. The fourth-order valence-corrected chi connectivity index (χ4v) is 3.08. The average Bonchev–Trinajstić information content (AvgIpc) is 2.76. The van der Waals surface area contributed by atoms with Crippen molar-refractivity contribution in [3.05, 3.63) is 101 Å². The van der Waals surface area contributed by atoms with Gasteiger partial charge in [-0.25, -0.2) is 14.4 Å². The Bertz CT molecular complexity index is 1200. The third kappa shape index (κ3) is 4.87. The van der Waals surface area contributed by atoms with Crippen molar-refractivity contribution >= 4 is 39.0 Å². The second kappa shape index (κ2) is 8.84. The molecule has 0 bridgehead atoms. The minimum Gasteiger partial charge on any atom is -0.340 e. The van der Waals surface area contributed by atoms with E-state index in [0.717, 1.165) is 4.47 Å². The lowest BCUT2D eigenvalue weighted by Gasteiger charge is -2.10. The van der Waals surface area contributed by atoms with Crippen molar-refractivity contribution in [3.63, 3.8) is 0 Å². The zero-order valence-electron chi connectivity index (χ0n) is 15.6. The van der Waals surface area contributed by atoms with Gasteiger partial charge in [0.1, 0.15) is 11.6 Å². The summed E-state index contributed by atoms with van der Waals surface area (Å²) in [5.41, 5.74) is 2.49. The molecule has 148 valence electrons. The van der Waals surface area contributed by atoms with Crippen molar-refractivity contribution in [3.8, 4) is 11.4 Å². The van der Waals surface area contributed by atoms with Crippen LogP contribution in [0.1, 0.15) is 10.4 Å². The third-order valence-electron chi connectivity index (χ3n) is 4.24. The molecule has 0 aliphatic carbocycles. The Hall–Kier alpha value is -3.58. The Morgan fingerprint density at radius 3 is 2.50 bits per heavy atom. The van der Waals surface area contributed by atoms with Crippen molar-refractivity contribution in [2.45, 2.75) is 0 Å². The molecular weight excluding hydrogens is 447 g/mol. The molecule has 4 rings (SSSR count). The lowest BCUT2D eigenvalue weighted by atomic mass is 10.1. The Kier molecular flexibility index (Phi) is 5.81. The van der Waals surface area contributed by atoms with Crippen LogP contribution in [0.4, 0.5) is 21.6 Å². The van der Waals surface area contributed by atoms with Crippen LogP contribution in [-0.4, -0.2) is 15.9 Å². The zero-order valence-corrected chi connectivity index (χ0v) is 17.2. The maximum absolute atomic E-state index is 13.5. The van der Waals surface area contributed by atoms with E-state index >= 15 is 0 Å². The van der Waals surface area contributed by atoms with Gasteiger partial charge >= 0.3 is 0 Å². The number of anilines is 3.